The van der Waals surface area contributed by atoms with E-state index in [1.807, 2.05) is 0 Å². The minimum atomic E-state index is -0.105. The van der Waals surface area contributed by atoms with Crippen LogP contribution in [0, 0.1) is 0 Å². The molecular formula is C9H12O3. The summed E-state index contributed by atoms with van der Waals surface area (Å²) in [5.74, 6) is -0.105. The Labute approximate surface area is 71.3 Å². The van der Waals surface area contributed by atoms with Gasteiger partial charge in [0.15, 0.2) is 0 Å². The molecule has 0 atom stereocenters. The molecule has 2 heterocycles. The summed E-state index contributed by atoms with van der Waals surface area (Å²) < 4.78 is 10.1. The molecule has 2 aliphatic heterocycles. The second-order valence-electron chi connectivity index (χ2n) is 3.08. The van der Waals surface area contributed by atoms with Crippen LogP contribution in [0.25, 0.3) is 0 Å². The highest BCUT2D eigenvalue weighted by atomic mass is 16.5. The lowest BCUT2D eigenvalue weighted by Crippen LogP contribution is -2.11. The number of hydrogen-bond donors (Lipinski definition) is 0. The second-order valence-corrected chi connectivity index (χ2v) is 3.08. The number of hydrogen-bond acceptors (Lipinski definition) is 3. The van der Waals surface area contributed by atoms with E-state index in [-0.39, 0.29) is 5.97 Å². The highest BCUT2D eigenvalue weighted by molar-refractivity contribution is 5.91. The Morgan fingerprint density at radius 1 is 1.00 bits per heavy atom. The fraction of sp³-hybridized carbons (Fsp3) is 0.667. The van der Waals surface area contributed by atoms with Crippen LogP contribution in [-0.4, -0.2) is 25.8 Å². The first-order chi connectivity index (χ1) is 5.88. The molecule has 0 spiro atoms. The lowest BCUT2D eigenvalue weighted by atomic mass is 10.00. The molecular weight excluding hydrogens is 156 g/mol. The molecule has 3 nitrogen and oxygen atoms in total. The number of esters is 1. The van der Waals surface area contributed by atoms with Gasteiger partial charge in [-0.2, -0.15) is 0 Å². The summed E-state index contributed by atoms with van der Waals surface area (Å²) in [6.45, 7) is 2.08. The van der Waals surface area contributed by atoms with E-state index >= 15 is 0 Å². The molecule has 2 aliphatic rings. The van der Waals surface area contributed by atoms with Crippen LogP contribution in [-0.2, 0) is 14.3 Å². The van der Waals surface area contributed by atoms with E-state index in [1.165, 1.54) is 5.57 Å². The van der Waals surface area contributed by atoms with Crippen molar-refractivity contribution in [2.45, 2.75) is 19.3 Å². The SMILES string of the molecule is O=C1OCCC1=C1CCOCC1. The van der Waals surface area contributed by atoms with E-state index in [2.05, 4.69) is 0 Å². The molecule has 0 unspecified atom stereocenters. The molecule has 0 amide bonds. The monoisotopic (exact) mass is 168 g/mol. The van der Waals surface area contributed by atoms with Crippen LogP contribution in [0.2, 0.25) is 0 Å². The van der Waals surface area contributed by atoms with Crippen molar-refractivity contribution in [1.29, 1.82) is 0 Å². The first kappa shape index (κ1) is 7.80. The number of ether oxygens (including phenoxy) is 2. The number of cyclic esters (lactones) is 1. The summed E-state index contributed by atoms with van der Waals surface area (Å²) in [6.07, 6.45) is 2.61. The Bertz CT molecular complexity index is 222. The third-order valence-corrected chi connectivity index (χ3v) is 2.35. The van der Waals surface area contributed by atoms with Crippen LogP contribution < -0.4 is 0 Å². The largest absolute Gasteiger partial charge is 0.462 e. The van der Waals surface area contributed by atoms with Gasteiger partial charge in [0.2, 0.25) is 0 Å². The van der Waals surface area contributed by atoms with Gasteiger partial charge in [-0.25, -0.2) is 4.79 Å². The third-order valence-electron chi connectivity index (χ3n) is 2.35. The molecule has 0 aromatic heterocycles. The normalized spacial score (nSPS) is 24.5. The quantitative estimate of drug-likeness (QED) is 0.400. The molecule has 0 N–H and O–H groups in total. The zero-order chi connectivity index (χ0) is 8.39. The molecule has 0 aromatic rings. The van der Waals surface area contributed by atoms with Gasteiger partial charge < -0.3 is 9.47 Å². The fourth-order valence-corrected chi connectivity index (χ4v) is 1.68. The number of carbonyl (C=O) groups excluding carboxylic acids is 1. The molecule has 66 valence electrons. The van der Waals surface area contributed by atoms with Gasteiger partial charge in [0.1, 0.15) is 0 Å². The predicted octanol–water partition coefficient (Wildman–Crippen LogP) is 1.04. The van der Waals surface area contributed by atoms with Crippen molar-refractivity contribution < 1.29 is 14.3 Å². The molecule has 2 rings (SSSR count). The van der Waals surface area contributed by atoms with Crippen LogP contribution in [0.15, 0.2) is 11.1 Å². The zero-order valence-corrected chi connectivity index (χ0v) is 6.97. The predicted molar refractivity (Wildman–Crippen MR) is 42.7 cm³/mol. The summed E-state index contributed by atoms with van der Waals surface area (Å²) in [5.41, 5.74) is 2.17. The summed E-state index contributed by atoms with van der Waals surface area (Å²) in [4.78, 5) is 11.2. The van der Waals surface area contributed by atoms with Crippen molar-refractivity contribution >= 4 is 5.97 Å². The van der Waals surface area contributed by atoms with Crippen molar-refractivity contribution in [1.82, 2.24) is 0 Å². The summed E-state index contributed by atoms with van der Waals surface area (Å²) in [6, 6.07) is 0. The van der Waals surface area contributed by atoms with Crippen molar-refractivity contribution in [2.75, 3.05) is 19.8 Å². The maximum Gasteiger partial charge on any atom is 0.334 e. The first-order valence-corrected chi connectivity index (χ1v) is 4.33. The van der Waals surface area contributed by atoms with E-state index in [4.69, 9.17) is 9.47 Å². The number of rotatable bonds is 0. The van der Waals surface area contributed by atoms with Gasteiger partial charge in [0, 0.05) is 12.0 Å². The maximum absolute atomic E-state index is 11.2. The molecule has 12 heavy (non-hydrogen) atoms. The van der Waals surface area contributed by atoms with Crippen LogP contribution in [0.4, 0.5) is 0 Å². The van der Waals surface area contributed by atoms with Crippen molar-refractivity contribution in [3.8, 4) is 0 Å². The van der Waals surface area contributed by atoms with Gasteiger partial charge >= 0.3 is 5.97 Å². The molecule has 0 aliphatic carbocycles. The summed E-state index contributed by atoms with van der Waals surface area (Å²) in [5, 5.41) is 0. The van der Waals surface area contributed by atoms with E-state index < -0.39 is 0 Å². The minimum Gasteiger partial charge on any atom is -0.462 e. The van der Waals surface area contributed by atoms with Gasteiger partial charge in [0.05, 0.1) is 19.8 Å². The van der Waals surface area contributed by atoms with Gasteiger partial charge in [0.25, 0.3) is 0 Å². The van der Waals surface area contributed by atoms with Gasteiger partial charge in [-0.3, -0.25) is 0 Å². The minimum absolute atomic E-state index is 0.105. The molecule has 3 heteroatoms. The topological polar surface area (TPSA) is 35.5 Å². The zero-order valence-electron chi connectivity index (χ0n) is 6.97. The highest BCUT2D eigenvalue weighted by Gasteiger charge is 2.23. The van der Waals surface area contributed by atoms with E-state index in [9.17, 15) is 4.79 Å². The van der Waals surface area contributed by atoms with Gasteiger partial charge in [-0.05, 0) is 12.8 Å². The molecule has 0 bridgehead atoms. The third kappa shape index (κ3) is 1.37. The molecule has 0 aromatic carbocycles. The molecule has 0 saturated carbocycles. The second kappa shape index (κ2) is 3.27. The Kier molecular flexibility index (Phi) is 2.13. The average Bonchev–Trinajstić information content (AvgIpc) is 2.53. The lowest BCUT2D eigenvalue weighted by molar-refractivity contribution is -0.135. The van der Waals surface area contributed by atoms with Crippen molar-refractivity contribution in [3.63, 3.8) is 0 Å². The Morgan fingerprint density at radius 3 is 2.33 bits per heavy atom. The van der Waals surface area contributed by atoms with Gasteiger partial charge in [-0.15, -0.1) is 0 Å². The van der Waals surface area contributed by atoms with Crippen molar-refractivity contribution in [3.05, 3.63) is 11.1 Å². The first-order valence-electron chi connectivity index (χ1n) is 4.33. The Balaban J connectivity index is 2.16. The summed E-state index contributed by atoms with van der Waals surface area (Å²) in [7, 11) is 0. The van der Waals surface area contributed by atoms with E-state index in [0.717, 1.165) is 38.0 Å². The number of carbonyl (C=O) groups is 1. The maximum atomic E-state index is 11.2. The van der Waals surface area contributed by atoms with Crippen molar-refractivity contribution in [2.24, 2.45) is 0 Å². The highest BCUT2D eigenvalue weighted by Crippen LogP contribution is 2.24. The van der Waals surface area contributed by atoms with Crippen LogP contribution in [0.1, 0.15) is 19.3 Å². The lowest BCUT2D eigenvalue weighted by Gasteiger charge is -2.15. The molecule has 2 fully saturated rings. The van der Waals surface area contributed by atoms with Crippen LogP contribution in [0.3, 0.4) is 0 Å². The smallest absolute Gasteiger partial charge is 0.334 e. The fourth-order valence-electron chi connectivity index (χ4n) is 1.68. The molecule has 2 saturated heterocycles. The standard InChI is InChI=1S/C9H12O3/c10-9-8(3-6-12-9)7-1-4-11-5-2-7/h1-6H2. The summed E-state index contributed by atoms with van der Waals surface area (Å²) >= 11 is 0. The van der Waals surface area contributed by atoms with E-state index in [1.54, 1.807) is 0 Å². The average molecular weight is 168 g/mol. The van der Waals surface area contributed by atoms with Crippen LogP contribution >= 0.6 is 0 Å². The Hall–Kier alpha value is -0.830. The van der Waals surface area contributed by atoms with Crippen LogP contribution in [0.5, 0.6) is 0 Å². The van der Waals surface area contributed by atoms with E-state index in [0.29, 0.717) is 6.61 Å². The van der Waals surface area contributed by atoms with Gasteiger partial charge in [-0.1, -0.05) is 5.57 Å². The molecule has 0 radical (unpaired) electrons. The Morgan fingerprint density at radius 2 is 1.75 bits per heavy atom.